The fourth-order valence-corrected chi connectivity index (χ4v) is 0.0510. The van der Waals surface area contributed by atoms with E-state index in [0.29, 0.717) is 5.78 Å². The first-order valence-electron chi connectivity index (χ1n) is 6.43. The first-order valence-corrected chi connectivity index (χ1v) is 6.43. The maximum absolute atomic E-state index is 9.56. The highest BCUT2D eigenvalue weighted by molar-refractivity contribution is 5.92. The molecule has 0 bridgehead atoms. The van der Waals surface area contributed by atoms with E-state index in [4.69, 9.17) is 4.79 Å². The van der Waals surface area contributed by atoms with Crippen LogP contribution < -0.4 is 0 Å². The Hall–Kier alpha value is -0.660. The summed E-state index contributed by atoms with van der Waals surface area (Å²) in [4.78, 5) is 17.6. The molecule has 1 aliphatic rings. The molecule has 0 N–H and O–H groups in total. The maximum atomic E-state index is 9.56. The number of carbonyl (C=O) groups is 2. The number of Topliss-reactive ketones (excluding diaryl/α,β-unsaturated/α-hetero) is 1. The molecule has 0 unspecified atom stereocenters. The lowest BCUT2D eigenvalue weighted by Gasteiger charge is -1.79. The van der Waals surface area contributed by atoms with Crippen molar-refractivity contribution in [1.29, 1.82) is 0 Å². The van der Waals surface area contributed by atoms with Crippen molar-refractivity contribution in [3.05, 3.63) is 0 Å². The van der Waals surface area contributed by atoms with Gasteiger partial charge >= 0.3 is 0 Å². The largest absolute Gasteiger partial charge is 0.307 e. The quantitative estimate of drug-likeness (QED) is 0.565. The summed E-state index contributed by atoms with van der Waals surface area (Å²) in [5.74, 6) is 1.25. The van der Waals surface area contributed by atoms with Gasteiger partial charge in [0.15, 0.2) is 0 Å². The van der Waals surface area contributed by atoms with Crippen LogP contribution in [0.3, 0.4) is 0 Å². The minimum Gasteiger partial charge on any atom is -0.307 e. The minimum absolute atomic E-state index is 0. The molecule has 17 heavy (non-hydrogen) atoms. The van der Waals surface area contributed by atoms with Gasteiger partial charge in [-0.25, -0.2) is 0 Å². The first-order chi connectivity index (χ1) is 7.63. The second-order valence-electron chi connectivity index (χ2n) is 2.77. The highest BCUT2D eigenvalue weighted by Gasteiger charge is 2.13. The molecule has 0 aromatic rings. The number of ketones is 1. The van der Waals surface area contributed by atoms with Crippen molar-refractivity contribution in [2.24, 2.45) is 5.92 Å². The van der Waals surface area contributed by atoms with E-state index in [2.05, 4.69) is 20.8 Å². The average molecular weight is 250 g/mol. The average Bonchev–Trinajstić information content (AvgIpc) is 3.11. The van der Waals surface area contributed by atoms with E-state index in [1.807, 2.05) is 48.3 Å². The third kappa shape index (κ3) is 499. The van der Waals surface area contributed by atoms with Crippen molar-refractivity contribution >= 4 is 12.6 Å². The number of hydrogen-bond acceptors (Lipinski definition) is 2. The highest BCUT2D eigenvalue weighted by Crippen LogP contribution is 2.08. The van der Waals surface area contributed by atoms with Gasteiger partial charge in [-0.1, -0.05) is 69.7 Å². The van der Waals surface area contributed by atoms with Crippen molar-refractivity contribution in [3.63, 3.8) is 0 Å². The molecule has 0 spiro atoms. The molecule has 0 atom stereocenters. The smallest absolute Gasteiger partial charge is 0.133 e. The van der Waals surface area contributed by atoms with E-state index >= 15 is 0 Å². The SMILES string of the molecule is C.C=O.CC.CC.CC.CC(C)C.O=C1CC1. The van der Waals surface area contributed by atoms with E-state index in [1.54, 1.807) is 0 Å². The Morgan fingerprint density at radius 2 is 0.882 bits per heavy atom. The summed E-state index contributed by atoms with van der Waals surface area (Å²) in [6.45, 7) is 20.5. The fourth-order valence-electron chi connectivity index (χ4n) is 0.0510. The van der Waals surface area contributed by atoms with E-state index < -0.39 is 0 Å². The van der Waals surface area contributed by atoms with Crippen molar-refractivity contribution in [2.45, 2.75) is 82.6 Å². The zero-order chi connectivity index (χ0) is 14.6. The van der Waals surface area contributed by atoms with Gasteiger partial charge in [0.2, 0.25) is 0 Å². The lowest BCUT2D eigenvalue weighted by atomic mass is 10.3. The maximum Gasteiger partial charge on any atom is 0.133 e. The predicted octanol–water partition coefficient (Wildman–Crippen LogP) is 5.54. The molecule has 0 heterocycles. The van der Waals surface area contributed by atoms with Crippen molar-refractivity contribution in [2.75, 3.05) is 0 Å². The normalized spacial score (nSPS) is 8.47. The number of carbonyl (C=O) groups excluding carboxylic acids is 2. The van der Waals surface area contributed by atoms with Crippen LogP contribution in [0.4, 0.5) is 0 Å². The van der Waals surface area contributed by atoms with Crippen LogP contribution in [0.15, 0.2) is 0 Å². The van der Waals surface area contributed by atoms with Crippen molar-refractivity contribution in [3.8, 4) is 0 Å². The molecule has 0 aromatic carbocycles. The van der Waals surface area contributed by atoms with Gasteiger partial charge in [0, 0.05) is 12.8 Å². The minimum atomic E-state index is 0. The van der Waals surface area contributed by atoms with Gasteiger partial charge in [-0.05, 0) is 5.92 Å². The highest BCUT2D eigenvalue weighted by atomic mass is 16.1. The van der Waals surface area contributed by atoms with E-state index in [-0.39, 0.29) is 7.43 Å². The second kappa shape index (κ2) is 58.6. The molecule has 0 saturated heterocycles. The van der Waals surface area contributed by atoms with Crippen LogP contribution >= 0.6 is 0 Å². The first kappa shape index (κ1) is 36.0. The van der Waals surface area contributed by atoms with Crippen LogP contribution in [0.2, 0.25) is 0 Å². The molecule has 0 aliphatic heterocycles. The van der Waals surface area contributed by atoms with Gasteiger partial charge in [-0.15, -0.1) is 0 Å². The summed E-state index contributed by atoms with van der Waals surface area (Å²) in [5, 5.41) is 0. The Kier molecular flexibility index (Phi) is 124. The van der Waals surface area contributed by atoms with Gasteiger partial charge in [-0.3, -0.25) is 4.79 Å². The summed E-state index contributed by atoms with van der Waals surface area (Å²) in [5.41, 5.74) is 0. The Bertz CT molecular complexity index is 80.2. The van der Waals surface area contributed by atoms with Gasteiger partial charge in [0.1, 0.15) is 12.6 Å². The monoisotopic (exact) mass is 250 g/mol. The Balaban J connectivity index is -0.0000000221. The summed E-state index contributed by atoms with van der Waals surface area (Å²) in [7, 11) is 0. The topological polar surface area (TPSA) is 34.1 Å². The van der Waals surface area contributed by atoms with Gasteiger partial charge < -0.3 is 4.79 Å². The molecule has 2 heteroatoms. The molecule has 0 amide bonds. The molecule has 2 nitrogen and oxygen atoms in total. The number of rotatable bonds is 0. The molecule has 0 radical (unpaired) electrons. The fraction of sp³-hybridized carbons (Fsp3) is 0.867. The lowest BCUT2D eigenvalue weighted by Crippen LogP contribution is -1.66. The third-order valence-corrected chi connectivity index (χ3v) is 0.454. The second-order valence-corrected chi connectivity index (χ2v) is 2.77. The Morgan fingerprint density at radius 1 is 0.824 bits per heavy atom. The van der Waals surface area contributed by atoms with Gasteiger partial charge in [0.25, 0.3) is 0 Å². The van der Waals surface area contributed by atoms with Gasteiger partial charge in [-0.2, -0.15) is 0 Å². The summed E-state index contributed by atoms with van der Waals surface area (Å²) in [6, 6.07) is 0. The Morgan fingerprint density at radius 3 is 0.882 bits per heavy atom. The van der Waals surface area contributed by atoms with Crippen LogP contribution in [0.1, 0.15) is 82.6 Å². The molecular formula is C15H38O2. The van der Waals surface area contributed by atoms with Crippen molar-refractivity contribution in [1.82, 2.24) is 0 Å². The number of hydrogen-bond donors (Lipinski definition) is 0. The summed E-state index contributed by atoms with van der Waals surface area (Å²) >= 11 is 0. The van der Waals surface area contributed by atoms with E-state index in [1.165, 1.54) is 0 Å². The Labute approximate surface area is 111 Å². The summed E-state index contributed by atoms with van der Waals surface area (Å²) in [6.07, 6.45) is 1.69. The van der Waals surface area contributed by atoms with E-state index in [0.717, 1.165) is 18.8 Å². The van der Waals surface area contributed by atoms with E-state index in [9.17, 15) is 4.79 Å². The zero-order valence-electron chi connectivity index (χ0n) is 13.0. The van der Waals surface area contributed by atoms with Crippen LogP contribution in [0, 0.1) is 5.92 Å². The molecule has 1 aliphatic carbocycles. The van der Waals surface area contributed by atoms with Crippen LogP contribution in [0.5, 0.6) is 0 Å². The van der Waals surface area contributed by atoms with Gasteiger partial charge in [0.05, 0.1) is 0 Å². The molecule has 1 saturated carbocycles. The van der Waals surface area contributed by atoms with Crippen LogP contribution in [-0.4, -0.2) is 12.6 Å². The molecule has 1 rings (SSSR count). The molecule has 1 fully saturated rings. The molecular weight excluding hydrogens is 212 g/mol. The predicted molar refractivity (Wildman–Crippen MR) is 82.6 cm³/mol. The standard InChI is InChI=1S/C4H10.C3H4O.3C2H6.CH2O.CH4/c1-4(2)3;4-3-1-2-3;4*1-2;/h4H,1-3H3;1-2H2;3*1-2H3;1H2;1H4. The molecule has 110 valence electrons. The van der Waals surface area contributed by atoms with Crippen molar-refractivity contribution < 1.29 is 9.59 Å². The lowest BCUT2D eigenvalue weighted by molar-refractivity contribution is -0.109. The summed E-state index contributed by atoms with van der Waals surface area (Å²) < 4.78 is 0. The van der Waals surface area contributed by atoms with Crippen LogP contribution in [-0.2, 0) is 9.59 Å². The van der Waals surface area contributed by atoms with Crippen LogP contribution in [0.25, 0.3) is 0 Å². The molecule has 0 aromatic heterocycles. The third-order valence-electron chi connectivity index (χ3n) is 0.454. The zero-order valence-corrected chi connectivity index (χ0v) is 13.0.